The van der Waals surface area contributed by atoms with Gasteiger partial charge in [0.25, 0.3) is 5.91 Å². The third-order valence-corrected chi connectivity index (χ3v) is 5.45. The average molecular weight is 505 g/mol. The number of anilines is 1. The fraction of sp³-hybridized carbons (Fsp3) is 0.0500. The average Bonchev–Trinajstić information content (AvgIpc) is 3.39. The SMILES string of the molecule is Cc1nc(NC(=S)NC(=O)c2ccco2)sc1/C(C=Cc1ccc(Cl)cc1)=N/NC(N)=S. The zero-order valence-electron chi connectivity index (χ0n) is 16.6. The van der Waals surface area contributed by atoms with Crippen molar-refractivity contribution in [3.63, 3.8) is 0 Å². The minimum absolute atomic E-state index is 0.0322. The number of thiocarbonyl (C=S) groups is 2. The van der Waals surface area contributed by atoms with E-state index < -0.39 is 5.91 Å². The van der Waals surface area contributed by atoms with Crippen molar-refractivity contribution in [3.05, 3.63) is 75.7 Å². The highest BCUT2D eigenvalue weighted by Gasteiger charge is 2.15. The van der Waals surface area contributed by atoms with Gasteiger partial charge in [-0.15, -0.1) is 0 Å². The van der Waals surface area contributed by atoms with Gasteiger partial charge in [0.2, 0.25) is 0 Å². The molecule has 0 saturated carbocycles. The number of furan rings is 1. The number of carbonyl (C=O) groups excluding carboxylic acids is 1. The monoisotopic (exact) mass is 504 g/mol. The molecule has 32 heavy (non-hydrogen) atoms. The van der Waals surface area contributed by atoms with Gasteiger partial charge in [-0.05, 0) is 67.3 Å². The summed E-state index contributed by atoms with van der Waals surface area (Å²) in [6, 6.07) is 10.5. The first-order chi connectivity index (χ1) is 15.3. The van der Waals surface area contributed by atoms with Crippen LogP contribution in [0.3, 0.4) is 0 Å². The Hall–Kier alpha value is -3.12. The highest BCUT2D eigenvalue weighted by molar-refractivity contribution is 7.80. The van der Waals surface area contributed by atoms with Gasteiger partial charge in [0.05, 0.1) is 16.8 Å². The maximum atomic E-state index is 12.1. The van der Waals surface area contributed by atoms with Crippen LogP contribution in [0, 0.1) is 6.92 Å². The number of allylic oxidation sites excluding steroid dienone is 1. The number of nitrogens with zero attached hydrogens (tertiary/aromatic N) is 2. The molecule has 0 bridgehead atoms. The van der Waals surface area contributed by atoms with Gasteiger partial charge < -0.3 is 15.5 Å². The van der Waals surface area contributed by atoms with Crippen LogP contribution in [0.25, 0.3) is 6.08 Å². The lowest BCUT2D eigenvalue weighted by molar-refractivity contribution is 0.0950. The lowest BCUT2D eigenvalue weighted by Crippen LogP contribution is -2.33. The molecule has 0 aliphatic rings. The van der Waals surface area contributed by atoms with Gasteiger partial charge in [-0.25, -0.2) is 4.98 Å². The van der Waals surface area contributed by atoms with E-state index in [1.165, 1.54) is 23.7 Å². The molecular formula is C20H17ClN6O2S3. The first kappa shape index (κ1) is 23.5. The van der Waals surface area contributed by atoms with Crippen molar-refractivity contribution in [3.8, 4) is 0 Å². The summed E-state index contributed by atoms with van der Waals surface area (Å²) in [5, 5.41) is 11.0. The maximum absolute atomic E-state index is 12.1. The van der Waals surface area contributed by atoms with E-state index in [2.05, 4.69) is 26.1 Å². The second kappa shape index (κ2) is 11.0. The summed E-state index contributed by atoms with van der Waals surface area (Å²) in [6.07, 6.45) is 5.08. The topological polar surface area (TPSA) is 118 Å². The maximum Gasteiger partial charge on any atom is 0.293 e. The number of carbonyl (C=O) groups is 1. The first-order valence-electron chi connectivity index (χ1n) is 9.02. The van der Waals surface area contributed by atoms with E-state index >= 15 is 0 Å². The van der Waals surface area contributed by atoms with Crippen LogP contribution in [0.4, 0.5) is 5.13 Å². The predicted molar refractivity (Wildman–Crippen MR) is 136 cm³/mol. The van der Waals surface area contributed by atoms with Crippen LogP contribution >= 0.6 is 47.4 Å². The number of hydrogen-bond donors (Lipinski definition) is 4. The van der Waals surface area contributed by atoms with Crippen molar-refractivity contribution in [1.29, 1.82) is 0 Å². The molecule has 0 unspecified atom stereocenters. The molecular weight excluding hydrogens is 488 g/mol. The quantitative estimate of drug-likeness (QED) is 0.225. The van der Waals surface area contributed by atoms with E-state index in [0.717, 1.165) is 10.4 Å². The molecule has 5 N–H and O–H groups in total. The van der Waals surface area contributed by atoms with E-state index in [1.54, 1.807) is 24.3 Å². The lowest BCUT2D eigenvalue weighted by atomic mass is 10.1. The van der Waals surface area contributed by atoms with Gasteiger partial charge in [0.15, 0.2) is 21.1 Å². The summed E-state index contributed by atoms with van der Waals surface area (Å²) in [5.41, 5.74) is 10.3. The van der Waals surface area contributed by atoms with E-state index in [0.29, 0.717) is 21.6 Å². The number of halogens is 1. The summed E-state index contributed by atoms with van der Waals surface area (Å²) in [6.45, 7) is 1.83. The number of aryl methyl sites for hydroxylation is 1. The van der Waals surface area contributed by atoms with Crippen molar-refractivity contribution in [1.82, 2.24) is 15.7 Å². The Bertz CT molecular complexity index is 1190. The molecule has 2 heterocycles. The number of rotatable bonds is 6. The number of hydrogen-bond acceptors (Lipinski definition) is 7. The molecule has 1 aromatic carbocycles. The molecule has 0 radical (unpaired) electrons. The van der Waals surface area contributed by atoms with Gasteiger partial charge in [-0.2, -0.15) is 5.10 Å². The highest BCUT2D eigenvalue weighted by Crippen LogP contribution is 2.24. The Balaban J connectivity index is 1.77. The van der Waals surface area contributed by atoms with Crippen LogP contribution in [-0.4, -0.2) is 26.8 Å². The van der Waals surface area contributed by atoms with E-state index in [4.69, 9.17) is 46.2 Å². The van der Waals surface area contributed by atoms with Crippen LogP contribution < -0.4 is 21.8 Å². The number of aromatic nitrogens is 1. The van der Waals surface area contributed by atoms with Crippen LogP contribution in [-0.2, 0) is 0 Å². The zero-order valence-corrected chi connectivity index (χ0v) is 19.8. The second-order valence-corrected chi connectivity index (χ2v) is 8.46. The highest BCUT2D eigenvalue weighted by atomic mass is 35.5. The molecule has 8 nitrogen and oxygen atoms in total. The van der Waals surface area contributed by atoms with Gasteiger partial charge >= 0.3 is 0 Å². The fourth-order valence-electron chi connectivity index (χ4n) is 2.42. The van der Waals surface area contributed by atoms with Gasteiger partial charge in [0, 0.05) is 5.02 Å². The predicted octanol–water partition coefficient (Wildman–Crippen LogP) is 4.08. The van der Waals surface area contributed by atoms with Gasteiger partial charge in [-0.1, -0.05) is 41.1 Å². The van der Waals surface area contributed by atoms with Crippen LogP contribution in [0.1, 0.15) is 26.7 Å². The molecule has 1 amide bonds. The van der Waals surface area contributed by atoms with E-state index in [1.807, 2.05) is 25.1 Å². The van der Waals surface area contributed by atoms with Crippen LogP contribution in [0.5, 0.6) is 0 Å². The fourth-order valence-corrected chi connectivity index (χ4v) is 3.78. The smallest absolute Gasteiger partial charge is 0.293 e. The summed E-state index contributed by atoms with van der Waals surface area (Å²) < 4.78 is 5.05. The van der Waals surface area contributed by atoms with Crippen molar-refractivity contribution < 1.29 is 9.21 Å². The molecule has 3 aromatic rings. The van der Waals surface area contributed by atoms with Gasteiger partial charge in [-0.3, -0.25) is 15.5 Å². The van der Waals surface area contributed by atoms with Crippen molar-refractivity contribution in [2.75, 3.05) is 5.32 Å². The van der Waals surface area contributed by atoms with Crippen molar-refractivity contribution >= 4 is 80.4 Å². The second-order valence-electron chi connectivity index (χ2n) is 6.18. The van der Waals surface area contributed by atoms with E-state index in [9.17, 15) is 4.79 Å². The summed E-state index contributed by atoms with van der Waals surface area (Å²) >= 11 is 17.3. The third kappa shape index (κ3) is 6.69. The largest absolute Gasteiger partial charge is 0.459 e. The summed E-state index contributed by atoms with van der Waals surface area (Å²) in [5.74, 6) is -0.314. The molecule has 164 valence electrons. The Kier molecular flexibility index (Phi) is 8.06. The molecule has 3 rings (SSSR count). The first-order valence-corrected chi connectivity index (χ1v) is 11.0. The molecule has 0 aliphatic heterocycles. The standard InChI is InChI=1S/C20H17ClN6O2S3/c1-11-16(14(26-27-18(22)30)9-6-12-4-7-13(21)8-5-12)32-20(23-11)25-19(31)24-17(28)15-3-2-10-29-15/h2-10H,1H3,(H3,22,27,30)(H2,23,24,25,28,31)/b9-6?,26-14+. The Labute approximate surface area is 203 Å². The normalized spacial score (nSPS) is 11.4. The number of thiazole rings is 1. The Morgan fingerprint density at radius 1 is 1.28 bits per heavy atom. The number of benzene rings is 1. The Morgan fingerprint density at radius 3 is 2.69 bits per heavy atom. The lowest BCUT2D eigenvalue weighted by Gasteiger charge is -2.05. The minimum atomic E-state index is -0.463. The number of nitrogens with one attached hydrogen (secondary N) is 3. The third-order valence-electron chi connectivity index (χ3n) is 3.81. The molecule has 0 atom stereocenters. The molecule has 0 aliphatic carbocycles. The Morgan fingerprint density at radius 2 is 2.03 bits per heavy atom. The van der Waals surface area contributed by atoms with Crippen LogP contribution in [0.15, 0.2) is 58.3 Å². The molecule has 2 aromatic heterocycles. The van der Waals surface area contributed by atoms with Gasteiger partial charge in [0.1, 0.15) is 5.71 Å². The molecule has 0 saturated heterocycles. The van der Waals surface area contributed by atoms with Crippen LogP contribution in [0.2, 0.25) is 5.02 Å². The summed E-state index contributed by atoms with van der Waals surface area (Å²) in [4.78, 5) is 17.3. The number of hydrazone groups is 1. The summed E-state index contributed by atoms with van der Waals surface area (Å²) in [7, 11) is 0. The number of nitrogens with two attached hydrogens (primary N) is 1. The molecule has 0 fully saturated rings. The van der Waals surface area contributed by atoms with E-state index in [-0.39, 0.29) is 16.0 Å². The zero-order chi connectivity index (χ0) is 23.1. The molecule has 0 spiro atoms. The minimum Gasteiger partial charge on any atom is -0.459 e. The van der Waals surface area contributed by atoms with Crippen molar-refractivity contribution in [2.45, 2.75) is 6.92 Å². The number of amides is 1. The van der Waals surface area contributed by atoms with Crippen molar-refractivity contribution in [2.24, 2.45) is 10.8 Å². The molecule has 12 heteroatoms.